The van der Waals surface area contributed by atoms with Gasteiger partial charge in [0.15, 0.2) is 0 Å². The highest BCUT2D eigenvalue weighted by atomic mass is 16.5. The third kappa shape index (κ3) is 4.64. The van der Waals surface area contributed by atoms with Gasteiger partial charge in [-0.25, -0.2) is 4.79 Å². The Morgan fingerprint density at radius 2 is 1.57 bits per heavy atom. The normalized spacial score (nSPS) is 10.6. The number of ether oxygens (including phenoxy) is 2. The smallest absolute Gasteiger partial charge is 0.339 e. The van der Waals surface area contributed by atoms with Crippen molar-refractivity contribution in [1.29, 1.82) is 0 Å². The van der Waals surface area contributed by atoms with Gasteiger partial charge in [0.25, 0.3) is 0 Å². The number of carboxylic acid groups (broad SMARTS) is 1. The highest BCUT2D eigenvalue weighted by Crippen LogP contribution is 2.23. The van der Waals surface area contributed by atoms with E-state index in [1.807, 2.05) is 24.3 Å². The van der Waals surface area contributed by atoms with E-state index in [1.54, 1.807) is 0 Å². The molecule has 0 spiro atoms. The van der Waals surface area contributed by atoms with Crippen molar-refractivity contribution in [3.05, 3.63) is 53.6 Å². The van der Waals surface area contributed by atoms with Crippen molar-refractivity contribution < 1.29 is 24.5 Å². The molecule has 2 aromatic rings. The highest BCUT2D eigenvalue weighted by molar-refractivity contribution is 5.90. The summed E-state index contributed by atoms with van der Waals surface area (Å²) < 4.78 is 11.0. The van der Waals surface area contributed by atoms with Crippen LogP contribution in [0.5, 0.6) is 17.2 Å². The molecule has 0 bridgehead atoms. The third-order valence-electron chi connectivity index (χ3n) is 3.37. The SMILES string of the molecule is CC(C)c1ccc(OCCOc2ccc(C(=O)O)c(O)c2)cc1. The molecule has 2 aromatic carbocycles. The fourth-order valence-corrected chi connectivity index (χ4v) is 2.05. The lowest BCUT2D eigenvalue weighted by atomic mass is 10.0. The molecule has 2 rings (SSSR count). The van der Waals surface area contributed by atoms with Crippen LogP contribution in [-0.4, -0.2) is 29.4 Å². The largest absolute Gasteiger partial charge is 0.507 e. The number of phenols is 1. The molecule has 5 heteroatoms. The van der Waals surface area contributed by atoms with E-state index >= 15 is 0 Å². The van der Waals surface area contributed by atoms with Crippen LogP contribution in [0, 0.1) is 0 Å². The molecule has 0 amide bonds. The number of carboxylic acids is 1. The summed E-state index contributed by atoms with van der Waals surface area (Å²) in [6.07, 6.45) is 0. The van der Waals surface area contributed by atoms with Crippen molar-refractivity contribution in [3.8, 4) is 17.2 Å². The Hall–Kier alpha value is -2.69. The second-order valence-corrected chi connectivity index (χ2v) is 5.40. The van der Waals surface area contributed by atoms with E-state index in [-0.39, 0.29) is 17.9 Å². The predicted molar refractivity (Wildman–Crippen MR) is 86.6 cm³/mol. The summed E-state index contributed by atoms with van der Waals surface area (Å²) in [5.41, 5.74) is 1.10. The summed E-state index contributed by atoms with van der Waals surface area (Å²) in [7, 11) is 0. The number of carbonyl (C=O) groups is 1. The topological polar surface area (TPSA) is 76.0 Å². The summed E-state index contributed by atoms with van der Waals surface area (Å²) in [6, 6.07) is 12.0. The third-order valence-corrected chi connectivity index (χ3v) is 3.37. The van der Waals surface area contributed by atoms with Crippen LogP contribution in [0.4, 0.5) is 0 Å². The first-order valence-electron chi connectivity index (χ1n) is 7.39. The minimum atomic E-state index is -1.18. The van der Waals surface area contributed by atoms with Crippen LogP contribution in [0.2, 0.25) is 0 Å². The molecule has 23 heavy (non-hydrogen) atoms. The zero-order valence-corrected chi connectivity index (χ0v) is 13.2. The van der Waals surface area contributed by atoms with Crippen molar-refractivity contribution in [3.63, 3.8) is 0 Å². The molecule has 0 aliphatic heterocycles. The molecule has 0 fully saturated rings. The van der Waals surface area contributed by atoms with E-state index in [4.69, 9.17) is 14.6 Å². The van der Waals surface area contributed by atoms with Crippen LogP contribution in [0.1, 0.15) is 35.7 Å². The molecule has 5 nitrogen and oxygen atoms in total. The summed E-state index contributed by atoms with van der Waals surface area (Å²) >= 11 is 0. The van der Waals surface area contributed by atoms with Gasteiger partial charge in [-0.3, -0.25) is 0 Å². The highest BCUT2D eigenvalue weighted by Gasteiger charge is 2.10. The van der Waals surface area contributed by atoms with Crippen molar-refractivity contribution in [2.45, 2.75) is 19.8 Å². The minimum absolute atomic E-state index is 0.154. The Morgan fingerprint density at radius 1 is 1.00 bits per heavy atom. The van der Waals surface area contributed by atoms with E-state index < -0.39 is 5.97 Å². The first-order chi connectivity index (χ1) is 11.0. The van der Waals surface area contributed by atoms with Crippen LogP contribution in [0.3, 0.4) is 0 Å². The summed E-state index contributed by atoms with van der Waals surface area (Å²) in [5, 5.41) is 18.4. The van der Waals surface area contributed by atoms with Gasteiger partial charge >= 0.3 is 5.97 Å². The van der Waals surface area contributed by atoms with Gasteiger partial charge in [0.2, 0.25) is 0 Å². The second kappa shape index (κ2) is 7.54. The van der Waals surface area contributed by atoms with E-state index in [0.717, 1.165) is 5.75 Å². The first-order valence-corrected chi connectivity index (χ1v) is 7.39. The van der Waals surface area contributed by atoms with Crippen molar-refractivity contribution >= 4 is 5.97 Å². The molecular weight excluding hydrogens is 296 g/mol. The molecule has 0 unspecified atom stereocenters. The maximum Gasteiger partial charge on any atom is 0.339 e. The van der Waals surface area contributed by atoms with E-state index in [0.29, 0.717) is 18.3 Å². The Bertz CT molecular complexity index is 662. The predicted octanol–water partition coefficient (Wildman–Crippen LogP) is 3.67. The van der Waals surface area contributed by atoms with Gasteiger partial charge in [0.05, 0.1) is 0 Å². The van der Waals surface area contributed by atoms with Crippen LogP contribution < -0.4 is 9.47 Å². The first kappa shape index (κ1) is 16.7. The van der Waals surface area contributed by atoms with Crippen molar-refractivity contribution in [2.75, 3.05) is 13.2 Å². The molecule has 0 radical (unpaired) electrons. The quantitative estimate of drug-likeness (QED) is 0.762. The number of rotatable bonds is 7. The van der Waals surface area contributed by atoms with E-state index in [1.165, 1.54) is 23.8 Å². The lowest BCUT2D eigenvalue weighted by Gasteiger charge is -2.10. The van der Waals surface area contributed by atoms with Crippen LogP contribution in [0.25, 0.3) is 0 Å². The fraction of sp³-hybridized carbons (Fsp3) is 0.278. The molecular formula is C18H20O5. The second-order valence-electron chi connectivity index (χ2n) is 5.40. The van der Waals surface area contributed by atoms with Crippen LogP contribution in [0.15, 0.2) is 42.5 Å². The number of hydrogen-bond acceptors (Lipinski definition) is 4. The van der Waals surface area contributed by atoms with E-state index in [2.05, 4.69) is 13.8 Å². The minimum Gasteiger partial charge on any atom is -0.507 e. The number of aromatic carboxylic acids is 1. The van der Waals surface area contributed by atoms with Gasteiger partial charge in [-0.2, -0.15) is 0 Å². The zero-order chi connectivity index (χ0) is 16.8. The zero-order valence-electron chi connectivity index (χ0n) is 13.2. The summed E-state index contributed by atoms with van der Waals surface area (Å²) in [5.74, 6) is 0.143. The molecule has 0 aliphatic carbocycles. The van der Waals surface area contributed by atoms with Crippen molar-refractivity contribution in [1.82, 2.24) is 0 Å². The molecule has 0 aliphatic rings. The standard InChI is InChI=1S/C18H20O5/c1-12(2)13-3-5-14(6-4-13)22-9-10-23-15-7-8-16(18(20)21)17(19)11-15/h3-8,11-12,19H,9-10H2,1-2H3,(H,20,21). The maximum atomic E-state index is 10.8. The van der Waals surface area contributed by atoms with Crippen LogP contribution in [-0.2, 0) is 0 Å². The number of hydrogen-bond donors (Lipinski definition) is 2. The average molecular weight is 316 g/mol. The van der Waals surface area contributed by atoms with E-state index in [9.17, 15) is 9.90 Å². The fourth-order valence-electron chi connectivity index (χ4n) is 2.05. The monoisotopic (exact) mass is 316 g/mol. The molecule has 0 saturated heterocycles. The Kier molecular flexibility index (Phi) is 5.46. The molecule has 0 atom stereocenters. The molecule has 0 aromatic heterocycles. The molecule has 0 saturated carbocycles. The van der Waals surface area contributed by atoms with Gasteiger partial charge in [0.1, 0.15) is 36.0 Å². The summed E-state index contributed by atoms with van der Waals surface area (Å²) in [4.78, 5) is 10.8. The lowest BCUT2D eigenvalue weighted by molar-refractivity contribution is 0.0693. The molecule has 2 N–H and O–H groups in total. The number of benzene rings is 2. The van der Waals surface area contributed by atoms with Gasteiger partial charge in [0, 0.05) is 6.07 Å². The molecule has 122 valence electrons. The van der Waals surface area contributed by atoms with Crippen molar-refractivity contribution in [2.24, 2.45) is 0 Å². The Balaban J connectivity index is 1.81. The number of aromatic hydroxyl groups is 1. The molecule has 0 heterocycles. The van der Waals surface area contributed by atoms with Gasteiger partial charge in [-0.15, -0.1) is 0 Å². The lowest BCUT2D eigenvalue weighted by Crippen LogP contribution is -2.09. The van der Waals surface area contributed by atoms with Gasteiger partial charge in [-0.1, -0.05) is 26.0 Å². The average Bonchev–Trinajstić information content (AvgIpc) is 2.51. The Morgan fingerprint density at radius 3 is 2.09 bits per heavy atom. The van der Waals surface area contributed by atoms with Gasteiger partial charge in [-0.05, 0) is 35.7 Å². The van der Waals surface area contributed by atoms with Crippen LogP contribution >= 0.6 is 0 Å². The maximum absolute atomic E-state index is 10.8. The Labute approximate surface area is 135 Å². The summed E-state index contributed by atoms with van der Waals surface area (Å²) in [6.45, 7) is 4.91. The van der Waals surface area contributed by atoms with Gasteiger partial charge < -0.3 is 19.7 Å².